The summed E-state index contributed by atoms with van der Waals surface area (Å²) in [7, 11) is 0. The maximum absolute atomic E-state index is 11.9. The predicted octanol–water partition coefficient (Wildman–Crippen LogP) is 2.71. The number of carbonyl (C=O) groups is 1. The van der Waals surface area contributed by atoms with Gasteiger partial charge in [-0.2, -0.15) is 0 Å². The molecule has 0 fully saturated rings. The van der Waals surface area contributed by atoms with Crippen molar-refractivity contribution in [2.45, 2.75) is 0 Å². The monoisotopic (exact) mass is 279 g/mol. The van der Waals surface area contributed by atoms with Gasteiger partial charge in [-0.15, -0.1) is 0 Å². The Labute approximate surface area is 113 Å². The number of benzene rings is 2. The van der Waals surface area contributed by atoms with Gasteiger partial charge >= 0.3 is 0 Å². The SMILES string of the molecule is O=C(Nc1ccc(Cl)c(O)c1)c1ccc(O)cc1O. The number of carbonyl (C=O) groups excluding carboxylic acids is 1. The van der Waals surface area contributed by atoms with Gasteiger partial charge in [-0.25, -0.2) is 0 Å². The highest BCUT2D eigenvalue weighted by Gasteiger charge is 2.12. The number of rotatable bonds is 2. The summed E-state index contributed by atoms with van der Waals surface area (Å²) in [6, 6.07) is 7.87. The first-order valence-electron chi connectivity index (χ1n) is 5.29. The minimum absolute atomic E-state index is 0.00670. The summed E-state index contributed by atoms with van der Waals surface area (Å²) in [5.41, 5.74) is 0.339. The molecule has 0 atom stereocenters. The zero-order valence-corrected chi connectivity index (χ0v) is 10.3. The third-order valence-corrected chi connectivity index (χ3v) is 2.75. The molecule has 2 rings (SSSR count). The molecular weight excluding hydrogens is 270 g/mol. The van der Waals surface area contributed by atoms with E-state index in [-0.39, 0.29) is 27.8 Å². The molecule has 5 nitrogen and oxygen atoms in total. The lowest BCUT2D eigenvalue weighted by Crippen LogP contribution is -2.11. The van der Waals surface area contributed by atoms with Gasteiger partial charge in [-0.05, 0) is 24.3 Å². The number of nitrogens with one attached hydrogen (secondary N) is 1. The second-order valence-corrected chi connectivity index (χ2v) is 4.23. The highest BCUT2D eigenvalue weighted by Crippen LogP contribution is 2.27. The van der Waals surface area contributed by atoms with E-state index < -0.39 is 5.91 Å². The standard InChI is InChI=1S/C13H10ClNO4/c14-10-4-1-7(5-12(10)18)15-13(19)9-3-2-8(16)6-11(9)17/h1-6,16-18H,(H,15,19). The first-order valence-corrected chi connectivity index (χ1v) is 5.67. The van der Waals surface area contributed by atoms with Crippen LogP contribution in [0.4, 0.5) is 5.69 Å². The Morgan fingerprint density at radius 1 is 1.00 bits per heavy atom. The molecule has 1 amide bonds. The number of halogens is 1. The third kappa shape index (κ3) is 2.89. The number of phenolic OH excluding ortho intramolecular Hbond substituents is 3. The van der Waals surface area contributed by atoms with Crippen LogP contribution in [0, 0.1) is 0 Å². The molecule has 2 aromatic carbocycles. The molecule has 0 radical (unpaired) electrons. The Hall–Kier alpha value is -2.40. The fraction of sp³-hybridized carbons (Fsp3) is 0. The van der Waals surface area contributed by atoms with Crippen LogP contribution in [0.5, 0.6) is 17.2 Å². The summed E-state index contributed by atoms with van der Waals surface area (Å²) in [6.45, 7) is 0. The molecular formula is C13H10ClNO4. The molecule has 0 saturated heterocycles. The zero-order chi connectivity index (χ0) is 14.0. The van der Waals surface area contributed by atoms with Gasteiger partial charge in [0, 0.05) is 17.8 Å². The minimum Gasteiger partial charge on any atom is -0.508 e. The van der Waals surface area contributed by atoms with E-state index in [4.69, 9.17) is 16.7 Å². The van der Waals surface area contributed by atoms with Gasteiger partial charge in [0.15, 0.2) is 0 Å². The van der Waals surface area contributed by atoms with E-state index in [0.29, 0.717) is 5.69 Å². The van der Waals surface area contributed by atoms with Crippen LogP contribution in [0.1, 0.15) is 10.4 Å². The molecule has 0 aliphatic rings. The number of anilines is 1. The third-order valence-electron chi connectivity index (χ3n) is 2.43. The maximum atomic E-state index is 11.9. The summed E-state index contributed by atoms with van der Waals surface area (Å²) in [5, 5.41) is 30.8. The average molecular weight is 280 g/mol. The first-order chi connectivity index (χ1) is 8.97. The zero-order valence-electron chi connectivity index (χ0n) is 9.59. The van der Waals surface area contributed by atoms with Crippen LogP contribution in [-0.4, -0.2) is 21.2 Å². The molecule has 2 aromatic rings. The van der Waals surface area contributed by atoms with Crippen LogP contribution in [0.3, 0.4) is 0 Å². The molecule has 6 heteroatoms. The molecule has 0 aliphatic carbocycles. The van der Waals surface area contributed by atoms with Crippen LogP contribution in [0.25, 0.3) is 0 Å². The largest absolute Gasteiger partial charge is 0.508 e. The molecule has 0 spiro atoms. The highest BCUT2D eigenvalue weighted by molar-refractivity contribution is 6.32. The summed E-state index contributed by atoms with van der Waals surface area (Å²) in [6.07, 6.45) is 0. The Morgan fingerprint density at radius 2 is 1.74 bits per heavy atom. The molecule has 0 saturated carbocycles. The van der Waals surface area contributed by atoms with Crippen molar-refractivity contribution in [2.24, 2.45) is 0 Å². The van der Waals surface area contributed by atoms with Crippen molar-refractivity contribution < 1.29 is 20.1 Å². The van der Waals surface area contributed by atoms with Crippen LogP contribution >= 0.6 is 11.6 Å². The molecule has 98 valence electrons. The number of hydrogen-bond donors (Lipinski definition) is 4. The van der Waals surface area contributed by atoms with Crippen molar-refractivity contribution in [3.8, 4) is 17.2 Å². The molecule has 0 heterocycles. The molecule has 19 heavy (non-hydrogen) atoms. The van der Waals surface area contributed by atoms with Gasteiger partial charge in [0.1, 0.15) is 17.2 Å². The summed E-state index contributed by atoms with van der Waals surface area (Å²) >= 11 is 5.65. The number of phenols is 3. The number of hydrogen-bond acceptors (Lipinski definition) is 4. The van der Waals surface area contributed by atoms with E-state index in [9.17, 15) is 15.0 Å². The summed E-state index contributed by atoms with van der Waals surface area (Å²) in [4.78, 5) is 11.9. The molecule has 0 aliphatic heterocycles. The Morgan fingerprint density at radius 3 is 2.37 bits per heavy atom. The van der Waals surface area contributed by atoms with Crippen molar-refractivity contribution in [2.75, 3.05) is 5.32 Å². The van der Waals surface area contributed by atoms with Crippen LogP contribution in [0.15, 0.2) is 36.4 Å². The topological polar surface area (TPSA) is 89.8 Å². The molecule has 0 bridgehead atoms. The minimum atomic E-state index is -0.570. The average Bonchev–Trinajstić information content (AvgIpc) is 2.33. The normalized spacial score (nSPS) is 10.2. The fourth-order valence-corrected chi connectivity index (χ4v) is 1.62. The van der Waals surface area contributed by atoms with Gasteiger partial charge in [0.05, 0.1) is 10.6 Å². The van der Waals surface area contributed by atoms with Crippen molar-refractivity contribution in [3.63, 3.8) is 0 Å². The van der Waals surface area contributed by atoms with E-state index >= 15 is 0 Å². The Kier molecular flexibility index (Phi) is 3.48. The van der Waals surface area contributed by atoms with E-state index in [2.05, 4.69) is 5.32 Å². The molecule has 0 aromatic heterocycles. The Bertz CT molecular complexity index is 643. The van der Waals surface area contributed by atoms with Gasteiger partial charge in [0.2, 0.25) is 0 Å². The second-order valence-electron chi connectivity index (χ2n) is 3.82. The quantitative estimate of drug-likeness (QED) is 0.680. The van der Waals surface area contributed by atoms with Crippen LogP contribution in [-0.2, 0) is 0 Å². The van der Waals surface area contributed by atoms with Crippen molar-refractivity contribution in [1.29, 1.82) is 0 Å². The first kappa shape index (κ1) is 13.0. The van der Waals surface area contributed by atoms with Crippen LogP contribution < -0.4 is 5.32 Å². The van der Waals surface area contributed by atoms with Gasteiger partial charge < -0.3 is 20.6 Å². The van der Waals surface area contributed by atoms with Crippen LogP contribution in [0.2, 0.25) is 5.02 Å². The van der Waals surface area contributed by atoms with Crippen molar-refractivity contribution >= 4 is 23.2 Å². The summed E-state index contributed by atoms with van der Waals surface area (Å²) in [5.74, 6) is -1.21. The maximum Gasteiger partial charge on any atom is 0.259 e. The molecule has 0 unspecified atom stereocenters. The lowest BCUT2D eigenvalue weighted by Gasteiger charge is -2.08. The van der Waals surface area contributed by atoms with Gasteiger partial charge in [-0.1, -0.05) is 11.6 Å². The van der Waals surface area contributed by atoms with Gasteiger partial charge in [-0.3, -0.25) is 4.79 Å². The highest BCUT2D eigenvalue weighted by atomic mass is 35.5. The number of aromatic hydroxyl groups is 3. The number of amides is 1. The predicted molar refractivity (Wildman–Crippen MR) is 70.8 cm³/mol. The summed E-state index contributed by atoms with van der Waals surface area (Å²) < 4.78 is 0. The molecule has 4 N–H and O–H groups in total. The van der Waals surface area contributed by atoms with E-state index in [0.717, 1.165) is 6.07 Å². The smallest absolute Gasteiger partial charge is 0.259 e. The fourth-order valence-electron chi connectivity index (χ4n) is 1.50. The van der Waals surface area contributed by atoms with Gasteiger partial charge in [0.25, 0.3) is 5.91 Å². The Balaban J connectivity index is 2.23. The second kappa shape index (κ2) is 5.07. The lowest BCUT2D eigenvalue weighted by molar-refractivity contribution is 0.102. The van der Waals surface area contributed by atoms with E-state index in [1.807, 2.05) is 0 Å². The van der Waals surface area contributed by atoms with E-state index in [1.54, 1.807) is 0 Å². The van der Waals surface area contributed by atoms with Crippen molar-refractivity contribution in [1.82, 2.24) is 0 Å². The van der Waals surface area contributed by atoms with Crippen molar-refractivity contribution in [3.05, 3.63) is 47.0 Å². The lowest BCUT2D eigenvalue weighted by atomic mass is 10.1. The van der Waals surface area contributed by atoms with E-state index in [1.165, 1.54) is 30.3 Å².